The molecule has 0 spiro atoms. The molecule has 1 saturated heterocycles. The van der Waals surface area contributed by atoms with Gasteiger partial charge in [-0.1, -0.05) is 25.5 Å². The largest absolute Gasteiger partial charge is 0.496 e. The molecule has 0 bridgehead atoms. The molecule has 2 aromatic rings. The fourth-order valence-corrected chi connectivity index (χ4v) is 4.84. The summed E-state index contributed by atoms with van der Waals surface area (Å²) in [5.41, 5.74) is -0.125. The standard InChI is InChI=1S/C20H26N2O4S/c1-3-9-20(19(24)25)13-22(10-8-17(20)23)12-14-11-21-18(27-14)15-6-4-5-7-16(15)26-2/h4-7,11,17,23H,3,8-10,12-13H2,1-2H3,(H,24,25)/t17-,20-/m1/s1. The second-order valence-corrected chi connectivity index (χ2v) is 8.17. The zero-order valence-corrected chi connectivity index (χ0v) is 16.5. The van der Waals surface area contributed by atoms with Crippen LogP contribution in [0.4, 0.5) is 0 Å². The molecule has 1 aromatic carbocycles. The van der Waals surface area contributed by atoms with Gasteiger partial charge in [0.25, 0.3) is 0 Å². The molecular weight excluding hydrogens is 364 g/mol. The highest BCUT2D eigenvalue weighted by Gasteiger charge is 2.48. The molecule has 7 heteroatoms. The number of aliphatic hydroxyl groups is 1. The summed E-state index contributed by atoms with van der Waals surface area (Å²) in [6.07, 6.45) is 2.74. The molecule has 2 N–H and O–H groups in total. The number of para-hydroxylation sites is 1. The van der Waals surface area contributed by atoms with E-state index in [0.29, 0.717) is 32.5 Å². The van der Waals surface area contributed by atoms with Crippen molar-refractivity contribution in [2.75, 3.05) is 20.2 Å². The summed E-state index contributed by atoms with van der Waals surface area (Å²) < 4.78 is 5.41. The maximum Gasteiger partial charge on any atom is 0.313 e. The van der Waals surface area contributed by atoms with Gasteiger partial charge >= 0.3 is 5.97 Å². The minimum atomic E-state index is -1.08. The van der Waals surface area contributed by atoms with E-state index in [1.165, 1.54) is 0 Å². The molecular formula is C20H26N2O4S. The average Bonchev–Trinajstić information content (AvgIpc) is 3.12. The zero-order valence-electron chi connectivity index (χ0n) is 15.7. The number of piperidine rings is 1. The number of methoxy groups -OCH3 is 1. The maximum atomic E-state index is 11.9. The van der Waals surface area contributed by atoms with Gasteiger partial charge in [-0.15, -0.1) is 11.3 Å². The first kappa shape index (κ1) is 19.8. The number of carbonyl (C=O) groups is 1. The van der Waals surface area contributed by atoms with Crippen LogP contribution >= 0.6 is 11.3 Å². The molecule has 0 amide bonds. The van der Waals surface area contributed by atoms with Crippen molar-refractivity contribution in [2.45, 2.75) is 38.8 Å². The van der Waals surface area contributed by atoms with E-state index in [4.69, 9.17) is 4.74 Å². The van der Waals surface area contributed by atoms with Crippen LogP contribution in [0.3, 0.4) is 0 Å². The molecule has 2 atom stereocenters. The predicted molar refractivity (Wildman–Crippen MR) is 105 cm³/mol. The van der Waals surface area contributed by atoms with Crippen LogP contribution < -0.4 is 4.74 Å². The minimum Gasteiger partial charge on any atom is -0.496 e. The molecule has 0 unspecified atom stereocenters. The fraction of sp³-hybridized carbons (Fsp3) is 0.500. The Labute approximate surface area is 163 Å². The Hall–Kier alpha value is -1.96. The Kier molecular flexibility index (Phi) is 6.14. The van der Waals surface area contributed by atoms with Crippen LogP contribution in [0.5, 0.6) is 5.75 Å². The van der Waals surface area contributed by atoms with E-state index in [1.54, 1.807) is 18.4 Å². The maximum absolute atomic E-state index is 11.9. The molecule has 1 aliphatic heterocycles. The Bertz CT molecular complexity index is 794. The highest BCUT2D eigenvalue weighted by Crippen LogP contribution is 2.37. The van der Waals surface area contributed by atoms with Crippen LogP contribution in [-0.2, 0) is 11.3 Å². The van der Waals surface area contributed by atoms with Gasteiger partial charge in [0.15, 0.2) is 0 Å². The van der Waals surface area contributed by atoms with Crippen molar-refractivity contribution in [3.05, 3.63) is 35.3 Å². The summed E-state index contributed by atoms with van der Waals surface area (Å²) in [6, 6.07) is 7.77. The molecule has 1 fully saturated rings. The van der Waals surface area contributed by atoms with Gasteiger partial charge in [-0.25, -0.2) is 4.98 Å². The smallest absolute Gasteiger partial charge is 0.313 e. The van der Waals surface area contributed by atoms with E-state index in [-0.39, 0.29) is 0 Å². The SMILES string of the molecule is CCC[C@@]1(C(=O)O)CN(Cc2cnc(-c3ccccc3OC)s2)CC[C@H]1O. The third-order valence-electron chi connectivity index (χ3n) is 5.25. The normalized spacial score (nSPS) is 23.3. The molecule has 3 rings (SSSR count). The van der Waals surface area contributed by atoms with E-state index < -0.39 is 17.5 Å². The molecule has 6 nitrogen and oxygen atoms in total. The first-order chi connectivity index (χ1) is 13.0. The number of likely N-dealkylation sites (tertiary alicyclic amines) is 1. The first-order valence-electron chi connectivity index (χ1n) is 9.22. The number of carboxylic acids is 1. The highest BCUT2D eigenvalue weighted by molar-refractivity contribution is 7.15. The summed E-state index contributed by atoms with van der Waals surface area (Å²) in [6.45, 7) is 3.64. The molecule has 1 aromatic heterocycles. The molecule has 0 saturated carbocycles. The van der Waals surface area contributed by atoms with E-state index in [9.17, 15) is 15.0 Å². The Morgan fingerprint density at radius 3 is 2.93 bits per heavy atom. The third-order valence-corrected chi connectivity index (χ3v) is 6.27. The van der Waals surface area contributed by atoms with E-state index >= 15 is 0 Å². The number of benzene rings is 1. The monoisotopic (exact) mass is 390 g/mol. The van der Waals surface area contributed by atoms with Crippen LogP contribution in [0.2, 0.25) is 0 Å². The van der Waals surface area contributed by atoms with Crippen LogP contribution in [0, 0.1) is 5.41 Å². The molecule has 0 aliphatic carbocycles. The van der Waals surface area contributed by atoms with Crippen molar-refractivity contribution in [1.29, 1.82) is 0 Å². The molecule has 1 aliphatic rings. The molecule has 27 heavy (non-hydrogen) atoms. The number of aliphatic hydroxyl groups excluding tert-OH is 1. The van der Waals surface area contributed by atoms with Crippen LogP contribution in [0.25, 0.3) is 10.6 Å². The van der Waals surface area contributed by atoms with Gasteiger partial charge in [-0.2, -0.15) is 0 Å². The number of ether oxygens (including phenoxy) is 1. The van der Waals surface area contributed by atoms with E-state index in [2.05, 4.69) is 9.88 Å². The average molecular weight is 391 g/mol. The van der Waals surface area contributed by atoms with Gasteiger partial charge in [-0.3, -0.25) is 9.69 Å². The number of rotatable bonds is 7. The number of hydrogen-bond acceptors (Lipinski definition) is 6. The number of aromatic nitrogens is 1. The van der Waals surface area contributed by atoms with Gasteiger partial charge < -0.3 is 14.9 Å². The van der Waals surface area contributed by atoms with Crippen molar-refractivity contribution in [1.82, 2.24) is 9.88 Å². The van der Waals surface area contributed by atoms with E-state index in [0.717, 1.165) is 27.6 Å². The van der Waals surface area contributed by atoms with E-state index in [1.807, 2.05) is 37.4 Å². The van der Waals surface area contributed by atoms with Gasteiger partial charge in [0, 0.05) is 30.7 Å². The zero-order chi connectivity index (χ0) is 19.4. The van der Waals surface area contributed by atoms with Crippen molar-refractivity contribution in [3.63, 3.8) is 0 Å². The fourth-order valence-electron chi connectivity index (χ4n) is 3.86. The lowest BCUT2D eigenvalue weighted by Gasteiger charge is -2.43. The molecule has 2 heterocycles. The summed E-state index contributed by atoms with van der Waals surface area (Å²) in [5.74, 6) is -0.118. The van der Waals surface area contributed by atoms with Crippen molar-refractivity contribution < 1.29 is 19.7 Å². The summed E-state index contributed by atoms with van der Waals surface area (Å²) in [5, 5.41) is 21.0. The topological polar surface area (TPSA) is 82.9 Å². The minimum absolute atomic E-state index is 0.360. The van der Waals surface area contributed by atoms with Crippen molar-refractivity contribution in [2.24, 2.45) is 5.41 Å². The summed E-state index contributed by atoms with van der Waals surface area (Å²) in [7, 11) is 1.64. The first-order valence-corrected chi connectivity index (χ1v) is 10.0. The number of carboxylic acid groups (broad SMARTS) is 1. The summed E-state index contributed by atoms with van der Waals surface area (Å²) in [4.78, 5) is 19.6. The third kappa shape index (κ3) is 4.00. The second-order valence-electron chi connectivity index (χ2n) is 7.06. The van der Waals surface area contributed by atoms with Gasteiger partial charge in [0.1, 0.15) is 16.2 Å². The Morgan fingerprint density at radius 1 is 1.44 bits per heavy atom. The second kappa shape index (κ2) is 8.37. The quantitative estimate of drug-likeness (QED) is 0.755. The van der Waals surface area contributed by atoms with Crippen LogP contribution in [-0.4, -0.2) is 52.4 Å². The van der Waals surface area contributed by atoms with Gasteiger partial charge in [0.2, 0.25) is 0 Å². The highest BCUT2D eigenvalue weighted by atomic mass is 32.1. The molecule has 0 radical (unpaired) electrons. The van der Waals surface area contributed by atoms with Gasteiger partial charge in [-0.05, 0) is 25.0 Å². The Morgan fingerprint density at radius 2 is 2.22 bits per heavy atom. The lowest BCUT2D eigenvalue weighted by atomic mass is 9.74. The molecule has 146 valence electrons. The predicted octanol–water partition coefficient (Wildman–Crippen LogP) is 3.26. The number of thiazole rings is 1. The van der Waals surface area contributed by atoms with Gasteiger partial charge in [0.05, 0.1) is 18.8 Å². The van der Waals surface area contributed by atoms with Crippen molar-refractivity contribution >= 4 is 17.3 Å². The lowest BCUT2D eigenvalue weighted by molar-refractivity contribution is -0.164. The number of nitrogens with zero attached hydrogens (tertiary/aromatic N) is 2. The van der Waals surface area contributed by atoms with Crippen LogP contribution in [0.15, 0.2) is 30.5 Å². The van der Waals surface area contributed by atoms with Crippen LogP contribution in [0.1, 0.15) is 31.1 Å². The Balaban J connectivity index is 1.76. The lowest BCUT2D eigenvalue weighted by Crippen LogP contribution is -2.55. The number of aliphatic carboxylic acids is 1. The van der Waals surface area contributed by atoms with Crippen molar-refractivity contribution in [3.8, 4) is 16.3 Å². The summed E-state index contributed by atoms with van der Waals surface area (Å²) >= 11 is 1.59. The number of hydrogen-bond donors (Lipinski definition) is 2.